The van der Waals surface area contributed by atoms with E-state index < -0.39 is 0 Å². The molecule has 5 N–H and O–H groups in total. The second kappa shape index (κ2) is 9.38. The number of rotatable bonds is 7. The molecule has 1 aromatic carbocycles. The summed E-state index contributed by atoms with van der Waals surface area (Å²) in [6, 6.07) is 10.8. The number of amides is 2. The van der Waals surface area contributed by atoms with Gasteiger partial charge in [0.2, 0.25) is 0 Å². The molecule has 26 heavy (non-hydrogen) atoms. The Morgan fingerprint density at radius 1 is 1.35 bits per heavy atom. The fourth-order valence-electron chi connectivity index (χ4n) is 2.22. The highest BCUT2D eigenvalue weighted by atomic mass is 16.5. The smallest absolute Gasteiger partial charge is 0.320 e. The number of carbonyl (C=O) groups excluding carboxylic acids is 1. The predicted octanol–water partition coefficient (Wildman–Crippen LogP) is 1.89. The van der Waals surface area contributed by atoms with Crippen molar-refractivity contribution in [3.05, 3.63) is 53.7 Å². The van der Waals surface area contributed by atoms with Crippen molar-refractivity contribution in [2.24, 2.45) is 0 Å². The Morgan fingerprint density at radius 3 is 2.73 bits per heavy atom. The van der Waals surface area contributed by atoms with E-state index in [1.54, 1.807) is 19.1 Å². The van der Waals surface area contributed by atoms with Crippen LogP contribution in [0.5, 0.6) is 0 Å². The molecule has 0 saturated heterocycles. The van der Waals surface area contributed by atoms with Gasteiger partial charge >= 0.3 is 6.03 Å². The highest BCUT2D eigenvalue weighted by Crippen LogP contribution is 2.16. The number of benzene rings is 1. The molecular weight excluding hydrogens is 332 g/mol. The second-order valence-electron chi connectivity index (χ2n) is 5.71. The maximum Gasteiger partial charge on any atom is 0.320 e. The van der Waals surface area contributed by atoms with Crippen molar-refractivity contribution in [1.29, 1.82) is 5.41 Å². The molecule has 1 heterocycles. The number of pyridine rings is 1. The Balaban J connectivity index is 1.93. The Hall–Kier alpha value is -3.13. The van der Waals surface area contributed by atoms with E-state index in [1.165, 1.54) is 12.3 Å². The fourth-order valence-corrected chi connectivity index (χ4v) is 2.22. The van der Waals surface area contributed by atoms with Crippen LogP contribution in [0.3, 0.4) is 0 Å². The van der Waals surface area contributed by atoms with E-state index in [0.717, 1.165) is 5.56 Å². The summed E-state index contributed by atoms with van der Waals surface area (Å²) in [5.41, 5.74) is 7.88. The standard InChI is InChI=1S/C18H24N6O2/c1-24(8-9-26-2)17(20)14-12-21-16(10-15(14)19)23-18(25)22-11-13-6-4-3-5-7-13/h3-7,10,12,20H,8-9,11H2,1-2H3,(H4,19,21,22,23,25). The molecule has 0 bridgehead atoms. The summed E-state index contributed by atoms with van der Waals surface area (Å²) < 4.78 is 5.01. The molecule has 0 radical (unpaired) electrons. The highest BCUT2D eigenvalue weighted by Gasteiger charge is 2.13. The summed E-state index contributed by atoms with van der Waals surface area (Å²) in [6.07, 6.45) is 1.48. The molecule has 0 aliphatic rings. The van der Waals surface area contributed by atoms with Crippen LogP contribution in [0.25, 0.3) is 0 Å². The van der Waals surface area contributed by atoms with Gasteiger partial charge in [0.15, 0.2) is 0 Å². The summed E-state index contributed by atoms with van der Waals surface area (Å²) in [5, 5.41) is 13.6. The van der Waals surface area contributed by atoms with Gasteiger partial charge in [-0.2, -0.15) is 0 Å². The number of methoxy groups -OCH3 is 1. The fraction of sp³-hybridized carbons (Fsp3) is 0.278. The minimum atomic E-state index is -0.374. The van der Waals surface area contributed by atoms with Gasteiger partial charge in [0.1, 0.15) is 11.7 Å². The highest BCUT2D eigenvalue weighted by molar-refractivity contribution is 6.01. The second-order valence-corrected chi connectivity index (χ2v) is 5.71. The molecule has 2 rings (SSSR count). The van der Waals surface area contributed by atoms with Crippen molar-refractivity contribution in [1.82, 2.24) is 15.2 Å². The number of carbonyl (C=O) groups is 1. The molecule has 2 amide bonds. The lowest BCUT2D eigenvalue weighted by atomic mass is 10.2. The molecule has 0 saturated carbocycles. The van der Waals surface area contributed by atoms with E-state index in [-0.39, 0.29) is 11.9 Å². The van der Waals surface area contributed by atoms with Crippen molar-refractivity contribution in [2.45, 2.75) is 6.54 Å². The van der Waals surface area contributed by atoms with E-state index in [2.05, 4.69) is 15.6 Å². The molecule has 0 aliphatic carbocycles. The summed E-state index contributed by atoms with van der Waals surface area (Å²) >= 11 is 0. The third-order valence-corrected chi connectivity index (χ3v) is 3.74. The van der Waals surface area contributed by atoms with Crippen LogP contribution < -0.4 is 16.4 Å². The number of nitrogens with zero attached hydrogens (tertiary/aromatic N) is 2. The summed E-state index contributed by atoms with van der Waals surface area (Å²) in [5.74, 6) is 0.566. The lowest BCUT2D eigenvalue weighted by Gasteiger charge is -2.20. The molecule has 1 aromatic heterocycles. The topological polar surface area (TPSA) is 116 Å². The molecule has 0 fully saturated rings. The summed E-state index contributed by atoms with van der Waals surface area (Å²) in [4.78, 5) is 17.9. The number of nitrogens with one attached hydrogen (secondary N) is 3. The average Bonchev–Trinajstić information content (AvgIpc) is 2.65. The first-order chi connectivity index (χ1) is 12.5. The van der Waals surface area contributed by atoms with Gasteiger partial charge in [-0.05, 0) is 5.56 Å². The Labute approximate surface area is 152 Å². The van der Waals surface area contributed by atoms with Crippen LogP contribution in [0.15, 0.2) is 42.6 Å². The Morgan fingerprint density at radius 2 is 2.08 bits per heavy atom. The van der Waals surface area contributed by atoms with Gasteiger partial charge in [0.25, 0.3) is 0 Å². The van der Waals surface area contributed by atoms with Gasteiger partial charge in [-0.1, -0.05) is 30.3 Å². The largest absolute Gasteiger partial charge is 0.398 e. The normalized spacial score (nSPS) is 10.2. The number of hydrogen-bond acceptors (Lipinski definition) is 5. The number of urea groups is 1. The van der Waals surface area contributed by atoms with Crippen LogP contribution in [0.1, 0.15) is 11.1 Å². The third kappa shape index (κ3) is 5.45. The number of nitrogen functional groups attached to an aromatic ring is 1. The average molecular weight is 356 g/mol. The van der Waals surface area contributed by atoms with Gasteiger partial charge in [0, 0.05) is 45.2 Å². The first kappa shape index (κ1) is 19.2. The van der Waals surface area contributed by atoms with Crippen molar-refractivity contribution in [2.75, 3.05) is 38.4 Å². The first-order valence-corrected chi connectivity index (χ1v) is 8.14. The van der Waals surface area contributed by atoms with Crippen LogP contribution in [-0.4, -0.2) is 49.1 Å². The number of aromatic nitrogens is 1. The number of likely N-dealkylation sites (N-methyl/N-ethyl adjacent to an activating group) is 1. The Kier molecular flexibility index (Phi) is 6.92. The molecule has 0 spiro atoms. The number of nitrogens with two attached hydrogens (primary N) is 1. The van der Waals surface area contributed by atoms with Crippen LogP contribution in [-0.2, 0) is 11.3 Å². The van der Waals surface area contributed by atoms with Gasteiger partial charge in [-0.25, -0.2) is 9.78 Å². The first-order valence-electron chi connectivity index (χ1n) is 8.14. The number of hydrogen-bond donors (Lipinski definition) is 4. The van der Waals surface area contributed by atoms with Gasteiger partial charge in [-0.15, -0.1) is 0 Å². The Bertz CT molecular complexity index is 751. The number of amidine groups is 1. The molecule has 0 unspecified atom stereocenters. The van der Waals surface area contributed by atoms with Crippen LogP contribution in [0.4, 0.5) is 16.3 Å². The maximum absolute atomic E-state index is 12.0. The van der Waals surface area contributed by atoms with Crippen molar-refractivity contribution in [3.63, 3.8) is 0 Å². The predicted molar refractivity (Wildman–Crippen MR) is 102 cm³/mol. The van der Waals surface area contributed by atoms with Gasteiger partial charge in [-0.3, -0.25) is 10.7 Å². The van der Waals surface area contributed by atoms with Crippen molar-refractivity contribution >= 4 is 23.4 Å². The SMILES string of the molecule is COCCN(C)C(=N)c1cnc(NC(=O)NCc2ccccc2)cc1N. The van der Waals surface area contributed by atoms with E-state index in [4.69, 9.17) is 15.9 Å². The summed E-state index contributed by atoms with van der Waals surface area (Å²) in [6.45, 7) is 1.49. The zero-order chi connectivity index (χ0) is 18.9. The van der Waals surface area contributed by atoms with Crippen molar-refractivity contribution in [3.8, 4) is 0 Å². The zero-order valence-corrected chi connectivity index (χ0v) is 15.0. The van der Waals surface area contributed by atoms with E-state index in [1.807, 2.05) is 30.3 Å². The minimum absolute atomic E-state index is 0.243. The van der Waals surface area contributed by atoms with Crippen LogP contribution in [0.2, 0.25) is 0 Å². The molecule has 8 nitrogen and oxygen atoms in total. The van der Waals surface area contributed by atoms with E-state index in [9.17, 15) is 4.79 Å². The van der Waals surface area contributed by atoms with Crippen LogP contribution >= 0.6 is 0 Å². The lowest BCUT2D eigenvalue weighted by molar-refractivity contribution is 0.183. The van der Waals surface area contributed by atoms with Crippen molar-refractivity contribution < 1.29 is 9.53 Å². The third-order valence-electron chi connectivity index (χ3n) is 3.74. The molecular formula is C18H24N6O2. The molecule has 8 heteroatoms. The molecule has 0 atom stereocenters. The van der Waals surface area contributed by atoms with E-state index in [0.29, 0.717) is 36.8 Å². The maximum atomic E-state index is 12.0. The summed E-state index contributed by atoms with van der Waals surface area (Å²) in [7, 11) is 3.39. The monoisotopic (exact) mass is 356 g/mol. The molecule has 138 valence electrons. The lowest BCUT2D eigenvalue weighted by Crippen LogP contribution is -2.31. The zero-order valence-electron chi connectivity index (χ0n) is 15.0. The quantitative estimate of drug-likeness (QED) is 0.446. The molecule has 0 aliphatic heterocycles. The van der Waals surface area contributed by atoms with Gasteiger partial charge in [0.05, 0.1) is 12.2 Å². The number of ether oxygens (including phenoxy) is 1. The van der Waals surface area contributed by atoms with E-state index >= 15 is 0 Å². The minimum Gasteiger partial charge on any atom is -0.398 e. The van der Waals surface area contributed by atoms with Gasteiger partial charge < -0.3 is 20.7 Å². The molecule has 2 aromatic rings. The van der Waals surface area contributed by atoms with Crippen LogP contribution in [0, 0.1) is 5.41 Å². The number of anilines is 2.